The Bertz CT molecular complexity index is 505. The summed E-state index contributed by atoms with van der Waals surface area (Å²) in [7, 11) is 0. The summed E-state index contributed by atoms with van der Waals surface area (Å²) in [6.45, 7) is 7.17. The summed E-state index contributed by atoms with van der Waals surface area (Å²) in [5.74, 6) is -0.323. The molecule has 6 heteroatoms. The molecule has 2 heterocycles. The van der Waals surface area contributed by atoms with Gasteiger partial charge in [-0.05, 0) is 33.6 Å². The predicted molar refractivity (Wildman–Crippen MR) is 77.7 cm³/mol. The number of aromatic nitrogens is 2. The van der Waals surface area contributed by atoms with Gasteiger partial charge in [0.25, 0.3) is 0 Å². The van der Waals surface area contributed by atoms with Gasteiger partial charge in [0.2, 0.25) is 5.91 Å². The van der Waals surface area contributed by atoms with Gasteiger partial charge >= 0.3 is 5.97 Å². The maximum atomic E-state index is 12.4. The highest BCUT2D eigenvalue weighted by molar-refractivity contribution is 5.80. The second-order valence-corrected chi connectivity index (χ2v) is 5.52. The second-order valence-electron chi connectivity index (χ2n) is 5.52. The lowest BCUT2D eigenvalue weighted by Crippen LogP contribution is -2.43. The van der Waals surface area contributed by atoms with Crippen LogP contribution in [0, 0.1) is 19.8 Å². The summed E-state index contributed by atoms with van der Waals surface area (Å²) < 4.78 is 5.06. The number of H-pyrrole nitrogens is 1. The van der Waals surface area contributed by atoms with E-state index >= 15 is 0 Å². The van der Waals surface area contributed by atoms with Crippen LogP contribution in [0.3, 0.4) is 0 Å². The van der Waals surface area contributed by atoms with Crippen LogP contribution < -0.4 is 0 Å². The van der Waals surface area contributed by atoms with Crippen LogP contribution in [-0.2, 0) is 20.7 Å². The van der Waals surface area contributed by atoms with Gasteiger partial charge in [0.15, 0.2) is 0 Å². The van der Waals surface area contributed by atoms with Gasteiger partial charge in [-0.2, -0.15) is 5.10 Å². The van der Waals surface area contributed by atoms with Crippen LogP contribution in [0.4, 0.5) is 0 Å². The number of hydrogen-bond acceptors (Lipinski definition) is 4. The van der Waals surface area contributed by atoms with Gasteiger partial charge in [-0.1, -0.05) is 0 Å². The third-order valence-corrected chi connectivity index (χ3v) is 4.00. The van der Waals surface area contributed by atoms with Crippen molar-refractivity contribution in [2.45, 2.75) is 40.0 Å². The molecule has 1 fully saturated rings. The van der Waals surface area contributed by atoms with Gasteiger partial charge in [0, 0.05) is 24.3 Å². The molecule has 1 saturated heterocycles. The summed E-state index contributed by atoms with van der Waals surface area (Å²) in [6, 6.07) is 0. The van der Waals surface area contributed by atoms with Crippen molar-refractivity contribution in [1.29, 1.82) is 0 Å². The van der Waals surface area contributed by atoms with E-state index in [2.05, 4.69) is 10.2 Å². The fourth-order valence-electron chi connectivity index (χ4n) is 2.75. The SMILES string of the molecule is CCOC(=O)C1CCCN(C(=O)Cc2c(C)n[nH]c2C)C1. The number of carbonyl (C=O) groups excluding carboxylic acids is 2. The Kier molecular flexibility index (Phi) is 4.98. The Hall–Kier alpha value is -1.85. The van der Waals surface area contributed by atoms with Crippen LogP contribution in [-0.4, -0.2) is 46.7 Å². The number of esters is 1. The Labute approximate surface area is 124 Å². The molecule has 116 valence electrons. The standard InChI is InChI=1S/C15H23N3O3/c1-4-21-15(20)12-6-5-7-18(9-12)14(19)8-13-10(2)16-17-11(13)3/h12H,4-9H2,1-3H3,(H,16,17). The first kappa shape index (κ1) is 15.5. The van der Waals surface area contributed by atoms with Crippen LogP contribution in [0.15, 0.2) is 0 Å². The van der Waals surface area contributed by atoms with Gasteiger partial charge in [0.1, 0.15) is 0 Å². The number of rotatable bonds is 4. The largest absolute Gasteiger partial charge is 0.466 e. The van der Waals surface area contributed by atoms with Gasteiger partial charge < -0.3 is 9.64 Å². The zero-order valence-electron chi connectivity index (χ0n) is 12.9. The fourth-order valence-corrected chi connectivity index (χ4v) is 2.75. The van der Waals surface area contributed by atoms with E-state index in [-0.39, 0.29) is 17.8 Å². The van der Waals surface area contributed by atoms with Crippen molar-refractivity contribution in [2.24, 2.45) is 5.92 Å². The van der Waals surface area contributed by atoms with Crippen LogP contribution in [0.5, 0.6) is 0 Å². The number of amides is 1. The van der Waals surface area contributed by atoms with E-state index in [0.29, 0.717) is 26.1 Å². The number of nitrogens with one attached hydrogen (secondary N) is 1. The van der Waals surface area contributed by atoms with Gasteiger partial charge in [-0.3, -0.25) is 14.7 Å². The number of piperidine rings is 1. The molecule has 0 spiro atoms. The Morgan fingerprint density at radius 3 is 2.81 bits per heavy atom. The molecule has 0 saturated carbocycles. The highest BCUT2D eigenvalue weighted by Crippen LogP contribution is 2.20. The molecule has 6 nitrogen and oxygen atoms in total. The third kappa shape index (κ3) is 3.62. The lowest BCUT2D eigenvalue weighted by atomic mass is 9.97. The van der Waals surface area contributed by atoms with Crippen molar-refractivity contribution in [1.82, 2.24) is 15.1 Å². The molecule has 0 aliphatic carbocycles. The van der Waals surface area contributed by atoms with Crippen molar-refractivity contribution in [2.75, 3.05) is 19.7 Å². The van der Waals surface area contributed by atoms with E-state index < -0.39 is 0 Å². The van der Waals surface area contributed by atoms with Gasteiger partial charge in [0.05, 0.1) is 24.6 Å². The molecular weight excluding hydrogens is 270 g/mol. The molecule has 2 rings (SSSR count). The molecule has 1 aromatic heterocycles. The monoisotopic (exact) mass is 293 g/mol. The molecule has 0 aromatic carbocycles. The highest BCUT2D eigenvalue weighted by Gasteiger charge is 2.29. The van der Waals surface area contributed by atoms with Crippen molar-refractivity contribution in [3.8, 4) is 0 Å². The summed E-state index contributed by atoms with van der Waals surface area (Å²) in [5.41, 5.74) is 2.75. The molecule has 1 aliphatic rings. The van der Waals surface area contributed by atoms with Crippen molar-refractivity contribution < 1.29 is 14.3 Å². The molecule has 1 N–H and O–H groups in total. The number of ether oxygens (including phenoxy) is 1. The van der Waals surface area contributed by atoms with Crippen LogP contribution in [0.25, 0.3) is 0 Å². The number of aromatic amines is 1. The lowest BCUT2D eigenvalue weighted by molar-refractivity contribution is -0.151. The number of carbonyl (C=O) groups is 2. The summed E-state index contributed by atoms with van der Waals surface area (Å²) in [5, 5.41) is 7.01. The van der Waals surface area contributed by atoms with Crippen molar-refractivity contribution in [3.63, 3.8) is 0 Å². The summed E-state index contributed by atoms with van der Waals surface area (Å²) in [6.07, 6.45) is 1.98. The maximum Gasteiger partial charge on any atom is 0.310 e. The van der Waals surface area contributed by atoms with Crippen LogP contribution >= 0.6 is 0 Å². The van der Waals surface area contributed by atoms with E-state index in [1.54, 1.807) is 11.8 Å². The second kappa shape index (κ2) is 6.74. The van der Waals surface area contributed by atoms with Crippen molar-refractivity contribution >= 4 is 11.9 Å². The van der Waals surface area contributed by atoms with E-state index in [1.807, 2.05) is 13.8 Å². The maximum absolute atomic E-state index is 12.4. The number of aryl methyl sites for hydroxylation is 2. The third-order valence-electron chi connectivity index (χ3n) is 4.00. The number of nitrogens with zero attached hydrogens (tertiary/aromatic N) is 2. The van der Waals surface area contributed by atoms with E-state index in [9.17, 15) is 9.59 Å². The molecule has 0 bridgehead atoms. The number of hydrogen-bond donors (Lipinski definition) is 1. The predicted octanol–water partition coefficient (Wildman–Crippen LogP) is 1.37. The van der Waals surface area contributed by atoms with Crippen LogP contribution in [0.1, 0.15) is 36.7 Å². The zero-order chi connectivity index (χ0) is 15.4. The lowest BCUT2D eigenvalue weighted by Gasteiger charge is -2.31. The molecule has 1 atom stereocenters. The molecular formula is C15H23N3O3. The van der Waals surface area contributed by atoms with Crippen LogP contribution in [0.2, 0.25) is 0 Å². The Morgan fingerprint density at radius 1 is 1.43 bits per heavy atom. The number of likely N-dealkylation sites (tertiary alicyclic amines) is 1. The molecule has 1 aromatic rings. The normalized spacial score (nSPS) is 18.6. The first-order valence-electron chi connectivity index (χ1n) is 7.47. The minimum Gasteiger partial charge on any atom is -0.466 e. The fraction of sp³-hybridized carbons (Fsp3) is 0.667. The molecule has 21 heavy (non-hydrogen) atoms. The summed E-state index contributed by atoms with van der Waals surface area (Å²) in [4.78, 5) is 26.0. The van der Waals surface area contributed by atoms with E-state index in [0.717, 1.165) is 29.8 Å². The smallest absolute Gasteiger partial charge is 0.310 e. The topological polar surface area (TPSA) is 75.3 Å². The average Bonchev–Trinajstić information content (AvgIpc) is 2.79. The Balaban J connectivity index is 1.98. The molecule has 1 unspecified atom stereocenters. The minimum absolute atomic E-state index is 0.0524. The average molecular weight is 293 g/mol. The first-order chi connectivity index (χ1) is 10.0. The van der Waals surface area contributed by atoms with Gasteiger partial charge in [-0.25, -0.2) is 0 Å². The van der Waals surface area contributed by atoms with Crippen molar-refractivity contribution in [3.05, 3.63) is 17.0 Å². The van der Waals surface area contributed by atoms with E-state index in [4.69, 9.17) is 4.74 Å². The molecule has 1 aliphatic heterocycles. The minimum atomic E-state index is -0.189. The van der Waals surface area contributed by atoms with Gasteiger partial charge in [-0.15, -0.1) is 0 Å². The first-order valence-corrected chi connectivity index (χ1v) is 7.47. The zero-order valence-corrected chi connectivity index (χ0v) is 12.9. The molecule has 0 radical (unpaired) electrons. The quantitative estimate of drug-likeness (QED) is 0.851. The highest BCUT2D eigenvalue weighted by atomic mass is 16.5. The molecule has 1 amide bonds. The summed E-state index contributed by atoms with van der Waals surface area (Å²) >= 11 is 0. The van der Waals surface area contributed by atoms with E-state index in [1.165, 1.54) is 0 Å². The Morgan fingerprint density at radius 2 is 2.19 bits per heavy atom.